The Morgan fingerprint density at radius 3 is 2.88 bits per heavy atom. The van der Waals surface area contributed by atoms with E-state index in [1.807, 2.05) is 0 Å². The molecule has 4 nitrogen and oxygen atoms in total. The van der Waals surface area contributed by atoms with Crippen LogP contribution in [-0.4, -0.2) is 22.9 Å². The predicted octanol–water partition coefficient (Wildman–Crippen LogP) is 1.99. The van der Waals surface area contributed by atoms with E-state index >= 15 is 0 Å². The topological polar surface area (TPSA) is 51.0 Å². The smallest absolute Gasteiger partial charge is 0.338 e. The first kappa shape index (κ1) is 11.4. The van der Waals surface area contributed by atoms with E-state index in [1.165, 1.54) is 0 Å². The average molecular weight is 235 g/mol. The molecule has 0 unspecified atom stereocenters. The number of nitrogens with one attached hydrogen (secondary N) is 1. The summed E-state index contributed by atoms with van der Waals surface area (Å²) in [4.78, 5) is 3.96. The molecule has 1 aromatic rings. The van der Waals surface area contributed by atoms with E-state index in [0.29, 0.717) is 5.89 Å². The molecule has 1 aliphatic rings. The number of nitrogens with zero attached hydrogens (tertiary/aromatic N) is 2. The van der Waals surface area contributed by atoms with E-state index in [9.17, 15) is 13.2 Å². The molecule has 1 N–H and O–H groups in total. The SMILES string of the molecule is FC(F)(F)CCc1noc([C@H]2CCCN2)n1. The Balaban J connectivity index is 1.91. The molecule has 1 aliphatic heterocycles. The van der Waals surface area contributed by atoms with Crippen molar-refractivity contribution in [3.63, 3.8) is 0 Å². The van der Waals surface area contributed by atoms with Crippen molar-refractivity contribution in [3.05, 3.63) is 11.7 Å². The summed E-state index contributed by atoms with van der Waals surface area (Å²) in [5.41, 5.74) is 0. The Hall–Kier alpha value is -1.11. The monoisotopic (exact) mass is 235 g/mol. The Bertz CT molecular complexity index is 344. The van der Waals surface area contributed by atoms with Gasteiger partial charge >= 0.3 is 6.18 Å². The van der Waals surface area contributed by atoms with Crippen molar-refractivity contribution in [1.29, 1.82) is 0 Å². The Labute approximate surface area is 90.2 Å². The van der Waals surface area contributed by atoms with Gasteiger partial charge in [-0.2, -0.15) is 18.2 Å². The molecular weight excluding hydrogens is 223 g/mol. The van der Waals surface area contributed by atoms with Crippen LogP contribution < -0.4 is 5.32 Å². The van der Waals surface area contributed by atoms with Crippen LogP contribution in [-0.2, 0) is 6.42 Å². The van der Waals surface area contributed by atoms with Gasteiger partial charge in [-0.3, -0.25) is 0 Å². The fourth-order valence-electron chi connectivity index (χ4n) is 1.66. The minimum absolute atomic E-state index is 0.00661. The summed E-state index contributed by atoms with van der Waals surface area (Å²) < 4.78 is 40.8. The lowest BCUT2D eigenvalue weighted by molar-refractivity contribution is -0.134. The molecule has 16 heavy (non-hydrogen) atoms. The molecular formula is C9H12F3N3O. The van der Waals surface area contributed by atoms with E-state index in [4.69, 9.17) is 4.52 Å². The summed E-state index contributed by atoms with van der Waals surface area (Å²) in [6, 6.07) is 0.00661. The molecule has 1 fully saturated rings. The molecule has 7 heteroatoms. The van der Waals surface area contributed by atoms with Crippen molar-refractivity contribution < 1.29 is 17.7 Å². The molecule has 0 spiro atoms. The third-order valence-electron chi connectivity index (χ3n) is 2.47. The molecule has 1 saturated heterocycles. The highest BCUT2D eigenvalue weighted by Crippen LogP contribution is 2.23. The molecule has 1 atom stereocenters. The molecule has 2 heterocycles. The van der Waals surface area contributed by atoms with Gasteiger partial charge < -0.3 is 9.84 Å². The Morgan fingerprint density at radius 1 is 1.44 bits per heavy atom. The van der Waals surface area contributed by atoms with Gasteiger partial charge in [-0.05, 0) is 19.4 Å². The van der Waals surface area contributed by atoms with Gasteiger partial charge in [-0.15, -0.1) is 0 Å². The van der Waals surface area contributed by atoms with Gasteiger partial charge in [0.15, 0.2) is 5.82 Å². The fraction of sp³-hybridized carbons (Fsp3) is 0.778. The number of rotatable bonds is 3. The molecule has 0 radical (unpaired) electrons. The first-order chi connectivity index (χ1) is 7.54. The summed E-state index contributed by atoms with van der Waals surface area (Å²) in [6.07, 6.45) is -3.40. The number of hydrogen-bond acceptors (Lipinski definition) is 4. The van der Waals surface area contributed by atoms with Gasteiger partial charge in [0, 0.05) is 6.42 Å². The molecule has 1 aromatic heterocycles. The van der Waals surface area contributed by atoms with Gasteiger partial charge in [-0.1, -0.05) is 5.16 Å². The van der Waals surface area contributed by atoms with Gasteiger partial charge in [0.25, 0.3) is 0 Å². The molecule has 2 rings (SSSR count). The maximum atomic E-state index is 12.0. The number of aromatic nitrogens is 2. The standard InChI is InChI=1S/C9H12F3N3O/c10-9(11,12)4-3-7-14-8(16-15-7)6-2-1-5-13-6/h6,13H,1-5H2/t6-/m1/s1. The average Bonchev–Trinajstić information content (AvgIpc) is 2.84. The quantitative estimate of drug-likeness (QED) is 0.870. The van der Waals surface area contributed by atoms with Gasteiger partial charge in [0.05, 0.1) is 12.5 Å². The van der Waals surface area contributed by atoms with Gasteiger partial charge in [0.1, 0.15) is 0 Å². The van der Waals surface area contributed by atoms with Crippen LogP contribution in [0.25, 0.3) is 0 Å². The number of hydrogen-bond donors (Lipinski definition) is 1. The normalized spacial score (nSPS) is 21.6. The number of alkyl halides is 3. The van der Waals surface area contributed by atoms with Crippen molar-refractivity contribution in [2.45, 2.75) is 37.9 Å². The largest absolute Gasteiger partial charge is 0.389 e. The molecule has 90 valence electrons. The first-order valence-corrected chi connectivity index (χ1v) is 5.17. The van der Waals surface area contributed by atoms with Crippen molar-refractivity contribution in [3.8, 4) is 0 Å². The van der Waals surface area contributed by atoms with Crippen LogP contribution in [0.3, 0.4) is 0 Å². The zero-order chi connectivity index (χ0) is 11.6. The van der Waals surface area contributed by atoms with Crippen molar-refractivity contribution in [1.82, 2.24) is 15.5 Å². The van der Waals surface area contributed by atoms with Crippen LogP contribution in [0, 0.1) is 0 Å². The predicted molar refractivity (Wildman–Crippen MR) is 48.7 cm³/mol. The molecule has 0 saturated carbocycles. The van der Waals surface area contributed by atoms with Crippen LogP contribution in [0.5, 0.6) is 0 Å². The molecule has 0 bridgehead atoms. The van der Waals surface area contributed by atoms with E-state index < -0.39 is 12.6 Å². The maximum Gasteiger partial charge on any atom is 0.389 e. The summed E-state index contributed by atoms with van der Waals surface area (Å²) in [6.45, 7) is 0.880. The lowest BCUT2D eigenvalue weighted by atomic mass is 10.2. The lowest BCUT2D eigenvalue weighted by Crippen LogP contribution is -2.13. The second-order valence-electron chi connectivity index (χ2n) is 3.81. The number of halogens is 3. The van der Waals surface area contributed by atoms with Gasteiger partial charge in [-0.25, -0.2) is 0 Å². The summed E-state index contributed by atoms with van der Waals surface area (Å²) in [5, 5.41) is 6.68. The summed E-state index contributed by atoms with van der Waals surface area (Å²) in [5.74, 6) is 0.524. The van der Waals surface area contributed by atoms with Crippen LogP contribution in [0.1, 0.15) is 37.0 Å². The van der Waals surface area contributed by atoms with E-state index in [0.717, 1.165) is 19.4 Å². The van der Waals surface area contributed by atoms with Crippen molar-refractivity contribution in [2.75, 3.05) is 6.54 Å². The molecule has 0 aliphatic carbocycles. The van der Waals surface area contributed by atoms with Crippen LogP contribution >= 0.6 is 0 Å². The third kappa shape index (κ3) is 2.94. The highest BCUT2D eigenvalue weighted by atomic mass is 19.4. The van der Waals surface area contributed by atoms with Crippen molar-refractivity contribution in [2.24, 2.45) is 0 Å². The third-order valence-corrected chi connectivity index (χ3v) is 2.47. The fourth-order valence-corrected chi connectivity index (χ4v) is 1.66. The van der Waals surface area contributed by atoms with E-state index in [-0.39, 0.29) is 18.3 Å². The minimum atomic E-state index is -4.17. The maximum absolute atomic E-state index is 12.0. The summed E-state index contributed by atoms with van der Waals surface area (Å²) >= 11 is 0. The lowest BCUT2D eigenvalue weighted by Gasteiger charge is -2.02. The zero-order valence-corrected chi connectivity index (χ0v) is 8.55. The highest BCUT2D eigenvalue weighted by molar-refractivity contribution is 4.95. The van der Waals surface area contributed by atoms with E-state index in [1.54, 1.807) is 0 Å². The van der Waals surface area contributed by atoms with Crippen LogP contribution in [0.15, 0.2) is 4.52 Å². The second kappa shape index (κ2) is 4.40. The number of aryl methyl sites for hydroxylation is 1. The van der Waals surface area contributed by atoms with Gasteiger partial charge in [0.2, 0.25) is 5.89 Å². The van der Waals surface area contributed by atoms with E-state index in [2.05, 4.69) is 15.5 Å². The van der Waals surface area contributed by atoms with Crippen LogP contribution in [0.4, 0.5) is 13.2 Å². The molecule has 0 aromatic carbocycles. The highest BCUT2D eigenvalue weighted by Gasteiger charge is 2.28. The van der Waals surface area contributed by atoms with Crippen molar-refractivity contribution >= 4 is 0 Å². The Kier molecular flexibility index (Phi) is 3.13. The second-order valence-corrected chi connectivity index (χ2v) is 3.81. The van der Waals surface area contributed by atoms with Crippen LogP contribution in [0.2, 0.25) is 0 Å². The zero-order valence-electron chi connectivity index (χ0n) is 8.55. The molecule has 0 amide bonds. The first-order valence-electron chi connectivity index (χ1n) is 5.17. The summed E-state index contributed by atoms with van der Waals surface area (Å²) in [7, 11) is 0. The Morgan fingerprint density at radius 2 is 2.25 bits per heavy atom. The minimum Gasteiger partial charge on any atom is -0.338 e.